The van der Waals surface area contributed by atoms with E-state index >= 15 is 0 Å². The number of hydrazine groups is 1. The summed E-state index contributed by atoms with van der Waals surface area (Å²) in [5, 5.41) is 12.1. The van der Waals surface area contributed by atoms with Crippen LogP contribution in [0.2, 0.25) is 10.0 Å². The Balaban J connectivity index is 1.97. The average Bonchev–Trinajstić information content (AvgIpc) is 2.91. The first kappa shape index (κ1) is 14.9. The quantitative estimate of drug-likeness (QED) is 0.590. The van der Waals surface area contributed by atoms with Crippen molar-refractivity contribution < 1.29 is 9.90 Å². The van der Waals surface area contributed by atoms with Gasteiger partial charge >= 0.3 is 5.97 Å². The summed E-state index contributed by atoms with van der Waals surface area (Å²) in [6.45, 7) is 0. The molecule has 112 valence electrons. The Hall–Kier alpha value is -2.02. The number of nitrogens with one attached hydrogen (secondary N) is 2. The summed E-state index contributed by atoms with van der Waals surface area (Å²) >= 11 is 13.3. The minimum absolute atomic E-state index is 0.0792. The number of carboxylic acid groups (broad SMARTS) is 1. The first-order valence-corrected chi connectivity index (χ1v) is 7.76. The van der Waals surface area contributed by atoms with E-state index in [9.17, 15) is 9.90 Å². The lowest BCUT2D eigenvalue weighted by Gasteiger charge is -2.13. The van der Waals surface area contributed by atoms with Gasteiger partial charge in [-0.1, -0.05) is 23.2 Å². The number of anilines is 2. The number of hydrogen-bond donors (Lipinski definition) is 3. The highest BCUT2D eigenvalue weighted by atomic mass is 35.5. The highest BCUT2D eigenvalue weighted by Crippen LogP contribution is 2.31. The Morgan fingerprint density at radius 2 is 1.91 bits per heavy atom. The van der Waals surface area contributed by atoms with Gasteiger partial charge in [0.15, 0.2) is 0 Å². The zero-order valence-corrected chi connectivity index (χ0v) is 13.3. The number of aromatic nitrogens is 1. The minimum atomic E-state index is -1.06. The van der Waals surface area contributed by atoms with Crippen LogP contribution in [0.25, 0.3) is 10.2 Å². The largest absolute Gasteiger partial charge is 0.478 e. The van der Waals surface area contributed by atoms with Crippen LogP contribution in [0.1, 0.15) is 10.4 Å². The van der Waals surface area contributed by atoms with E-state index in [0.717, 1.165) is 10.2 Å². The van der Waals surface area contributed by atoms with E-state index in [-0.39, 0.29) is 5.56 Å². The molecule has 22 heavy (non-hydrogen) atoms. The number of thiophene rings is 1. The number of aromatic carboxylic acids is 1. The summed E-state index contributed by atoms with van der Waals surface area (Å²) in [7, 11) is 0. The molecule has 0 aliphatic rings. The number of fused-ring (bicyclic) bond motifs is 1. The van der Waals surface area contributed by atoms with Gasteiger partial charge in [0.25, 0.3) is 0 Å². The van der Waals surface area contributed by atoms with E-state index in [2.05, 4.69) is 15.8 Å². The molecule has 0 radical (unpaired) electrons. The third-order valence-electron chi connectivity index (χ3n) is 2.90. The molecule has 3 rings (SSSR count). The van der Waals surface area contributed by atoms with E-state index in [0.29, 0.717) is 21.4 Å². The first-order chi connectivity index (χ1) is 10.5. The second kappa shape index (κ2) is 6.00. The smallest absolute Gasteiger partial charge is 0.339 e. The maximum absolute atomic E-state index is 11.4. The standard InChI is InChI=1S/C14H9Cl2N3O2S/c15-7-3-8(16)5-9(4-7)18-19-12-10(14(20)21)6-17-11-1-2-22-13(11)12/h1-6,18H,(H,17,19)(H,20,21). The topological polar surface area (TPSA) is 74.2 Å². The van der Waals surface area contributed by atoms with Crippen molar-refractivity contribution in [1.29, 1.82) is 0 Å². The zero-order chi connectivity index (χ0) is 15.7. The van der Waals surface area contributed by atoms with Gasteiger partial charge in [0, 0.05) is 16.2 Å². The predicted molar refractivity (Wildman–Crippen MR) is 90.3 cm³/mol. The molecule has 0 unspecified atom stereocenters. The van der Waals surface area contributed by atoms with Gasteiger partial charge in [0.2, 0.25) is 0 Å². The molecule has 2 aromatic heterocycles. The molecule has 0 aliphatic carbocycles. The number of carbonyl (C=O) groups is 1. The van der Waals surface area contributed by atoms with Gasteiger partial charge < -0.3 is 10.5 Å². The summed E-state index contributed by atoms with van der Waals surface area (Å²) in [6.07, 6.45) is 1.33. The van der Waals surface area contributed by atoms with Crippen molar-refractivity contribution >= 4 is 62.1 Å². The molecule has 0 amide bonds. The Bertz CT molecular complexity index is 846. The molecule has 0 spiro atoms. The van der Waals surface area contributed by atoms with Crippen molar-refractivity contribution in [1.82, 2.24) is 4.98 Å². The minimum Gasteiger partial charge on any atom is -0.478 e. The molecule has 0 bridgehead atoms. The zero-order valence-electron chi connectivity index (χ0n) is 10.9. The van der Waals surface area contributed by atoms with Crippen molar-refractivity contribution in [3.05, 3.63) is 51.5 Å². The molecule has 0 aliphatic heterocycles. The Labute approximate surface area is 139 Å². The first-order valence-electron chi connectivity index (χ1n) is 6.12. The van der Waals surface area contributed by atoms with Crippen LogP contribution in [-0.4, -0.2) is 16.1 Å². The lowest BCUT2D eigenvalue weighted by Crippen LogP contribution is -2.13. The van der Waals surface area contributed by atoms with Gasteiger partial charge in [-0.05, 0) is 29.6 Å². The summed E-state index contributed by atoms with van der Waals surface area (Å²) in [4.78, 5) is 15.5. The van der Waals surface area contributed by atoms with Crippen LogP contribution in [0.15, 0.2) is 35.8 Å². The molecule has 2 heterocycles. The molecule has 3 N–H and O–H groups in total. The summed E-state index contributed by atoms with van der Waals surface area (Å²) in [5.74, 6) is -1.06. The van der Waals surface area contributed by atoms with Crippen LogP contribution in [0, 0.1) is 0 Å². The lowest BCUT2D eigenvalue weighted by molar-refractivity contribution is 0.0697. The van der Waals surface area contributed by atoms with Gasteiger partial charge in [-0.3, -0.25) is 10.4 Å². The number of carboxylic acids is 1. The maximum atomic E-state index is 11.4. The van der Waals surface area contributed by atoms with E-state index in [4.69, 9.17) is 23.2 Å². The molecule has 0 saturated heterocycles. The maximum Gasteiger partial charge on any atom is 0.339 e. The number of hydrogen-bond acceptors (Lipinski definition) is 5. The second-order valence-corrected chi connectivity index (χ2v) is 6.18. The predicted octanol–water partition coefficient (Wildman–Crippen LogP) is 4.74. The lowest BCUT2D eigenvalue weighted by atomic mass is 10.2. The number of nitrogens with zero attached hydrogens (tertiary/aromatic N) is 1. The number of pyridine rings is 1. The van der Waals surface area contributed by atoms with E-state index in [1.165, 1.54) is 17.5 Å². The molecule has 0 atom stereocenters. The van der Waals surface area contributed by atoms with Crippen molar-refractivity contribution in [3.63, 3.8) is 0 Å². The van der Waals surface area contributed by atoms with Gasteiger partial charge in [0.1, 0.15) is 5.56 Å². The summed E-state index contributed by atoms with van der Waals surface area (Å²) in [5.41, 5.74) is 7.71. The van der Waals surface area contributed by atoms with Gasteiger partial charge in [0.05, 0.1) is 21.6 Å². The number of rotatable bonds is 4. The fraction of sp³-hybridized carbons (Fsp3) is 0. The van der Waals surface area contributed by atoms with E-state index < -0.39 is 5.97 Å². The fourth-order valence-electron chi connectivity index (χ4n) is 1.96. The highest BCUT2D eigenvalue weighted by Gasteiger charge is 2.15. The molecule has 0 fully saturated rings. The SMILES string of the molecule is O=C(O)c1cnc2ccsc2c1NNc1cc(Cl)cc(Cl)c1. The normalized spacial score (nSPS) is 10.6. The molecular formula is C14H9Cl2N3O2S. The van der Waals surface area contributed by atoms with Crippen molar-refractivity contribution in [2.75, 3.05) is 10.9 Å². The summed E-state index contributed by atoms with van der Waals surface area (Å²) in [6, 6.07) is 6.79. The third-order valence-corrected chi connectivity index (χ3v) is 4.26. The fourth-order valence-corrected chi connectivity index (χ4v) is 3.34. The van der Waals surface area contributed by atoms with Crippen LogP contribution in [0.3, 0.4) is 0 Å². The molecule has 0 saturated carbocycles. The Morgan fingerprint density at radius 3 is 2.59 bits per heavy atom. The third kappa shape index (κ3) is 2.94. The van der Waals surface area contributed by atoms with Crippen LogP contribution in [0.5, 0.6) is 0 Å². The average molecular weight is 354 g/mol. The molecule has 3 aromatic rings. The van der Waals surface area contributed by atoms with Gasteiger partial charge in [-0.25, -0.2) is 4.79 Å². The van der Waals surface area contributed by atoms with Crippen LogP contribution >= 0.6 is 34.5 Å². The Morgan fingerprint density at radius 1 is 1.18 bits per heavy atom. The Kier molecular flexibility index (Phi) is 4.06. The monoisotopic (exact) mass is 353 g/mol. The molecule has 1 aromatic carbocycles. The van der Waals surface area contributed by atoms with Crippen LogP contribution < -0.4 is 10.9 Å². The number of halogens is 2. The van der Waals surface area contributed by atoms with Crippen molar-refractivity contribution in [3.8, 4) is 0 Å². The molecule has 5 nitrogen and oxygen atoms in total. The highest BCUT2D eigenvalue weighted by molar-refractivity contribution is 7.17. The van der Waals surface area contributed by atoms with E-state index in [1.54, 1.807) is 18.2 Å². The summed E-state index contributed by atoms with van der Waals surface area (Å²) < 4.78 is 0.750. The second-order valence-electron chi connectivity index (χ2n) is 4.40. The number of benzene rings is 1. The van der Waals surface area contributed by atoms with Crippen LogP contribution in [-0.2, 0) is 0 Å². The van der Waals surface area contributed by atoms with Crippen molar-refractivity contribution in [2.24, 2.45) is 0 Å². The van der Waals surface area contributed by atoms with Crippen LogP contribution in [0.4, 0.5) is 11.4 Å². The van der Waals surface area contributed by atoms with E-state index in [1.807, 2.05) is 11.4 Å². The van der Waals surface area contributed by atoms with Gasteiger partial charge in [-0.15, -0.1) is 11.3 Å². The van der Waals surface area contributed by atoms with Gasteiger partial charge in [-0.2, -0.15) is 0 Å². The molecule has 8 heteroatoms. The van der Waals surface area contributed by atoms with Crippen molar-refractivity contribution in [2.45, 2.75) is 0 Å². The molecular weight excluding hydrogens is 345 g/mol.